The van der Waals surface area contributed by atoms with Gasteiger partial charge in [0, 0.05) is 20.0 Å². The first kappa shape index (κ1) is 47.7. The number of carbonyl (C=O) groups excluding carboxylic acids is 6. The number of rotatable bonds is 14. The topological polar surface area (TPSA) is 261 Å². The van der Waals surface area contributed by atoms with Gasteiger partial charge in [0.05, 0.1) is 0 Å². The van der Waals surface area contributed by atoms with Crippen LogP contribution in [-0.2, 0) is 41.6 Å². The first-order chi connectivity index (χ1) is 28.1. The van der Waals surface area contributed by atoms with E-state index < -0.39 is 83.7 Å². The number of aromatic hydroxyl groups is 1. The van der Waals surface area contributed by atoms with E-state index in [-0.39, 0.29) is 38.0 Å². The number of hydrogen-bond donors (Lipinski definition) is 9. The van der Waals surface area contributed by atoms with Gasteiger partial charge in [-0.2, -0.15) is 0 Å². The summed E-state index contributed by atoms with van der Waals surface area (Å²) in [5.41, 5.74) is 7.11. The number of unbranched alkanes of at least 4 members (excludes halogenated alkanes) is 1. The molecule has 1 saturated heterocycles. The number of nitrogens with one attached hydrogen (secondary N) is 6. The van der Waals surface area contributed by atoms with E-state index in [1.54, 1.807) is 19.1 Å². The van der Waals surface area contributed by atoms with E-state index in [0.717, 1.165) is 11.1 Å². The zero-order chi connectivity index (χ0) is 43.5. The zero-order valence-corrected chi connectivity index (χ0v) is 34.5. The fourth-order valence-electron chi connectivity index (χ4n) is 6.60. The Kier molecular flexibility index (Phi) is 19.6. The van der Waals surface area contributed by atoms with E-state index in [2.05, 4.69) is 31.9 Å². The van der Waals surface area contributed by atoms with Gasteiger partial charge in [-0.1, -0.05) is 62.7 Å². The minimum atomic E-state index is -1.25. The summed E-state index contributed by atoms with van der Waals surface area (Å²) >= 11 is 0. The van der Waals surface area contributed by atoms with Crippen LogP contribution in [0.25, 0.3) is 0 Å². The van der Waals surface area contributed by atoms with E-state index in [0.29, 0.717) is 45.1 Å². The standard InChI is InChI=1S/C42H62N8O9/c1-5-26(2)35-39(55)45-32(22-19-28-17-20-30(51)21-18-28)40(56)50(4)27(3)36(52)46-34(25-29-13-7-6-8-14-29)37(53)44-24-12-10-15-31(38(54)49-35)47-42(59)48-33(41(57)58)16-9-11-23-43/h6-8,13-14,17-18,20-21,26-27,31-35,51H,5,9-12,15-16,19,22-25,43H2,1-4H3,(H,44,53)(H,45,55)(H,46,52)(H,49,54)(H,57,58)(H2,47,48,59)/t26-,27-,31+,32?,33-,34?,35+/m0/s1. The number of urea groups is 1. The van der Waals surface area contributed by atoms with Crippen LogP contribution < -0.4 is 37.6 Å². The molecule has 0 aromatic heterocycles. The van der Waals surface area contributed by atoms with Gasteiger partial charge in [0.25, 0.3) is 0 Å². The molecular weight excluding hydrogens is 761 g/mol. The number of nitrogens with two attached hydrogens (primary N) is 1. The van der Waals surface area contributed by atoms with Crippen molar-refractivity contribution in [1.82, 2.24) is 36.8 Å². The highest BCUT2D eigenvalue weighted by atomic mass is 16.4. The number of carboxylic acid groups (broad SMARTS) is 1. The number of nitrogens with zero attached hydrogens (tertiary/aromatic N) is 1. The highest BCUT2D eigenvalue weighted by Gasteiger charge is 2.36. The number of carboxylic acids is 1. The third-order valence-corrected chi connectivity index (χ3v) is 10.7. The van der Waals surface area contributed by atoms with Crippen LogP contribution in [0.1, 0.15) is 83.3 Å². The molecule has 1 fully saturated rings. The second-order valence-electron chi connectivity index (χ2n) is 15.1. The Morgan fingerprint density at radius 1 is 0.881 bits per heavy atom. The minimum absolute atomic E-state index is 0.0606. The van der Waals surface area contributed by atoms with Crippen molar-refractivity contribution in [3.8, 4) is 5.75 Å². The van der Waals surface area contributed by atoms with Crippen LogP contribution in [0, 0.1) is 5.92 Å². The number of aliphatic carboxylic acids is 1. The number of aryl methyl sites for hydroxylation is 1. The van der Waals surface area contributed by atoms with E-state index in [1.807, 2.05) is 37.3 Å². The fourth-order valence-corrected chi connectivity index (χ4v) is 6.60. The van der Waals surface area contributed by atoms with E-state index in [9.17, 15) is 43.8 Å². The van der Waals surface area contributed by atoms with Crippen molar-refractivity contribution in [1.29, 1.82) is 0 Å². The maximum absolute atomic E-state index is 14.2. The largest absolute Gasteiger partial charge is 0.508 e. The van der Waals surface area contributed by atoms with Crippen LogP contribution in [0.3, 0.4) is 0 Å². The summed E-state index contributed by atoms with van der Waals surface area (Å²) in [4.78, 5) is 96.0. The molecule has 7 atom stereocenters. The van der Waals surface area contributed by atoms with Gasteiger partial charge in [0.1, 0.15) is 42.0 Å². The van der Waals surface area contributed by atoms with Gasteiger partial charge in [-0.3, -0.25) is 24.0 Å². The van der Waals surface area contributed by atoms with Crippen molar-refractivity contribution in [2.45, 2.75) is 121 Å². The van der Waals surface area contributed by atoms with Crippen LogP contribution >= 0.6 is 0 Å². The molecule has 17 nitrogen and oxygen atoms in total. The molecule has 17 heteroatoms. The van der Waals surface area contributed by atoms with Gasteiger partial charge < -0.3 is 52.7 Å². The second kappa shape index (κ2) is 24.3. The van der Waals surface area contributed by atoms with Crippen molar-refractivity contribution in [3.05, 3.63) is 65.7 Å². The van der Waals surface area contributed by atoms with E-state index in [1.165, 1.54) is 31.0 Å². The predicted octanol–water partition coefficient (Wildman–Crippen LogP) is 1.47. The molecule has 1 aliphatic heterocycles. The Labute approximate surface area is 346 Å². The number of hydrogen-bond acceptors (Lipinski definition) is 9. The lowest BCUT2D eigenvalue weighted by Crippen LogP contribution is -2.60. The maximum Gasteiger partial charge on any atom is 0.326 e. The quantitative estimate of drug-likeness (QED) is 0.124. The lowest BCUT2D eigenvalue weighted by molar-refractivity contribution is -0.142. The molecular formula is C42H62N8O9. The number of amides is 7. The third-order valence-electron chi connectivity index (χ3n) is 10.7. The summed E-state index contributed by atoms with van der Waals surface area (Å²) in [6, 6.07) is 7.78. The number of phenolic OH excluding ortho intramolecular Hbond substituents is 1. The maximum atomic E-state index is 14.2. The molecule has 2 aromatic rings. The Morgan fingerprint density at radius 3 is 2.20 bits per heavy atom. The molecule has 1 heterocycles. The molecule has 3 rings (SSSR count). The summed E-state index contributed by atoms with van der Waals surface area (Å²) in [5, 5.41) is 35.8. The molecule has 0 aliphatic carbocycles. The SMILES string of the molecule is CC[C@H](C)[C@H]1NC(=O)[C@H](NC(=O)N[C@@H](CCCCN)C(=O)O)CCCCNC(=O)C(Cc2ccccc2)NC(=O)[C@H](C)N(C)C(=O)C(CCc2ccc(O)cc2)NC1=O. The van der Waals surface area contributed by atoms with Gasteiger partial charge in [0.15, 0.2) is 0 Å². The smallest absolute Gasteiger partial charge is 0.326 e. The lowest BCUT2D eigenvalue weighted by Gasteiger charge is -2.32. The summed E-state index contributed by atoms with van der Waals surface area (Å²) in [6.07, 6.45) is 2.90. The van der Waals surface area contributed by atoms with Gasteiger partial charge in [-0.15, -0.1) is 0 Å². The van der Waals surface area contributed by atoms with Crippen LogP contribution in [0.5, 0.6) is 5.75 Å². The van der Waals surface area contributed by atoms with Crippen LogP contribution in [0.2, 0.25) is 0 Å². The lowest BCUT2D eigenvalue weighted by atomic mass is 9.96. The van der Waals surface area contributed by atoms with Crippen molar-refractivity contribution >= 4 is 41.5 Å². The summed E-state index contributed by atoms with van der Waals surface area (Å²) in [7, 11) is 1.43. The highest BCUT2D eigenvalue weighted by Crippen LogP contribution is 2.16. The molecule has 2 unspecified atom stereocenters. The summed E-state index contributed by atoms with van der Waals surface area (Å²) < 4.78 is 0. The Morgan fingerprint density at radius 2 is 1.56 bits per heavy atom. The number of benzene rings is 2. The van der Waals surface area contributed by atoms with Crippen molar-refractivity contribution in [2.24, 2.45) is 11.7 Å². The first-order valence-electron chi connectivity index (χ1n) is 20.4. The monoisotopic (exact) mass is 822 g/mol. The van der Waals surface area contributed by atoms with E-state index in [4.69, 9.17) is 5.73 Å². The predicted molar refractivity (Wildman–Crippen MR) is 221 cm³/mol. The van der Waals surface area contributed by atoms with Crippen molar-refractivity contribution in [3.63, 3.8) is 0 Å². The van der Waals surface area contributed by atoms with Gasteiger partial charge >= 0.3 is 12.0 Å². The van der Waals surface area contributed by atoms with E-state index >= 15 is 0 Å². The van der Waals surface area contributed by atoms with Crippen LogP contribution in [0.15, 0.2) is 54.6 Å². The molecule has 7 amide bonds. The van der Waals surface area contributed by atoms with Gasteiger partial charge in [0.2, 0.25) is 29.5 Å². The Hall–Kier alpha value is -5.71. The van der Waals surface area contributed by atoms with Gasteiger partial charge in [-0.05, 0) is 94.0 Å². The Bertz CT molecular complexity index is 1710. The van der Waals surface area contributed by atoms with Crippen LogP contribution in [0.4, 0.5) is 4.79 Å². The fraction of sp³-hybridized carbons (Fsp3) is 0.548. The zero-order valence-electron chi connectivity index (χ0n) is 34.5. The van der Waals surface area contributed by atoms with Gasteiger partial charge in [-0.25, -0.2) is 9.59 Å². The number of likely N-dealkylation sites (N-methyl/N-ethyl adjacent to an activating group) is 1. The first-order valence-corrected chi connectivity index (χ1v) is 20.4. The minimum Gasteiger partial charge on any atom is -0.508 e. The van der Waals surface area contributed by atoms with Crippen molar-refractivity contribution in [2.75, 3.05) is 20.1 Å². The number of carbonyl (C=O) groups is 7. The third kappa shape index (κ3) is 15.5. The summed E-state index contributed by atoms with van der Waals surface area (Å²) in [6.45, 7) is 5.64. The molecule has 59 heavy (non-hydrogen) atoms. The molecule has 2 aromatic carbocycles. The average Bonchev–Trinajstić information content (AvgIpc) is 3.22. The molecule has 1 aliphatic rings. The van der Waals surface area contributed by atoms with Crippen molar-refractivity contribution < 1.29 is 43.8 Å². The summed E-state index contributed by atoms with van der Waals surface area (Å²) in [5.74, 6) is -4.62. The highest BCUT2D eigenvalue weighted by molar-refractivity contribution is 5.96. The molecule has 0 saturated carbocycles. The molecule has 324 valence electrons. The molecule has 0 spiro atoms. The second-order valence-corrected chi connectivity index (χ2v) is 15.1. The Balaban J connectivity index is 1.98. The average molecular weight is 823 g/mol. The molecule has 0 radical (unpaired) electrons. The molecule has 0 bridgehead atoms. The van der Waals surface area contributed by atoms with Crippen LogP contribution in [-0.4, -0.2) is 113 Å². The number of phenols is 1. The normalized spacial score (nSPS) is 22.6. The molecule has 10 N–H and O–H groups in total.